The Kier molecular flexibility index (Phi) is 3.57. The molecule has 1 atom stereocenters. The summed E-state index contributed by atoms with van der Waals surface area (Å²) < 4.78 is 31.9. The molecule has 1 unspecified atom stereocenters. The first-order valence-electron chi connectivity index (χ1n) is 5.45. The topological polar surface area (TPSA) is 25.2 Å². The highest BCUT2D eigenvalue weighted by Gasteiger charge is 2.15. The molecule has 0 fully saturated rings. The predicted molar refractivity (Wildman–Crippen MR) is 66.9 cm³/mol. The zero-order valence-corrected chi connectivity index (χ0v) is 10.7. The molecule has 0 aliphatic carbocycles. The zero-order valence-electron chi connectivity index (χ0n) is 9.93. The average molecular weight is 272 g/mol. The van der Waals surface area contributed by atoms with E-state index in [-0.39, 0.29) is 16.8 Å². The van der Waals surface area contributed by atoms with Crippen LogP contribution in [0.4, 0.5) is 14.5 Å². The molecule has 0 amide bonds. The summed E-state index contributed by atoms with van der Waals surface area (Å²) in [7, 11) is 0. The average Bonchev–Trinajstić information content (AvgIpc) is 2.70. The van der Waals surface area contributed by atoms with Gasteiger partial charge in [-0.15, -0.1) is 0 Å². The molecule has 5 heteroatoms. The Morgan fingerprint density at radius 1 is 1.28 bits per heavy atom. The molecule has 1 aromatic heterocycles. The quantitative estimate of drug-likeness (QED) is 0.876. The first-order valence-corrected chi connectivity index (χ1v) is 5.82. The SMILES string of the molecule is Cc1ccc(C(C)Nc2c(F)cc(F)cc2Cl)o1. The van der Waals surface area contributed by atoms with Crippen molar-refractivity contribution in [2.75, 3.05) is 5.32 Å². The minimum atomic E-state index is -0.727. The van der Waals surface area contributed by atoms with E-state index in [0.29, 0.717) is 5.76 Å². The molecule has 1 heterocycles. The van der Waals surface area contributed by atoms with Crippen molar-refractivity contribution >= 4 is 17.3 Å². The summed E-state index contributed by atoms with van der Waals surface area (Å²) in [5.74, 6) is -0.00343. The van der Waals surface area contributed by atoms with Crippen molar-refractivity contribution in [3.05, 3.63) is 52.4 Å². The standard InChI is InChI=1S/C13H12ClF2NO/c1-7-3-4-12(18-7)8(2)17-13-10(14)5-9(15)6-11(13)16/h3-6,8,17H,1-2H3. The Morgan fingerprint density at radius 3 is 2.56 bits per heavy atom. The van der Waals surface area contributed by atoms with Crippen LogP contribution in [0.1, 0.15) is 24.5 Å². The van der Waals surface area contributed by atoms with Crippen LogP contribution >= 0.6 is 11.6 Å². The number of furan rings is 1. The van der Waals surface area contributed by atoms with Crippen molar-refractivity contribution in [1.29, 1.82) is 0 Å². The zero-order chi connectivity index (χ0) is 13.3. The van der Waals surface area contributed by atoms with Gasteiger partial charge in [0.25, 0.3) is 0 Å². The monoisotopic (exact) mass is 271 g/mol. The van der Waals surface area contributed by atoms with E-state index in [1.165, 1.54) is 0 Å². The van der Waals surface area contributed by atoms with Gasteiger partial charge in [0.05, 0.1) is 16.8 Å². The van der Waals surface area contributed by atoms with Crippen molar-refractivity contribution in [2.45, 2.75) is 19.9 Å². The van der Waals surface area contributed by atoms with Gasteiger partial charge in [-0.25, -0.2) is 8.78 Å². The Morgan fingerprint density at radius 2 is 2.00 bits per heavy atom. The lowest BCUT2D eigenvalue weighted by Crippen LogP contribution is -2.08. The van der Waals surface area contributed by atoms with Gasteiger partial charge in [0.2, 0.25) is 0 Å². The predicted octanol–water partition coefficient (Wildman–Crippen LogP) is 4.69. The summed E-state index contributed by atoms with van der Waals surface area (Å²) >= 11 is 5.80. The lowest BCUT2D eigenvalue weighted by Gasteiger charge is -2.15. The van der Waals surface area contributed by atoms with E-state index in [4.69, 9.17) is 16.0 Å². The van der Waals surface area contributed by atoms with Crippen LogP contribution < -0.4 is 5.32 Å². The number of rotatable bonds is 3. The number of halogens is 3. The summed E-state index contributed by atoms with van der Waals surface area (Å²) in [6, 6.07) is 5.19. The molecule has 2 aromatic rings. The fourth-order valence-corrected chi connectivity index (χ4v) is 1.90. The minimum absolute atomic E-state index is 0.00243. The fraction of sp³-hybridized carbons (Fsp3) is 0.231. The second-order valence-corrected chi connectivity index (χ2v) is 4.47. The van der Waals surface area contributed by atoms with Crippen molar-refractivity contribution in [3.8, 4) is 0 Å². The number of benzene rings is 1. The van der Waals surface area contributed by atoms with E-state index < -0.39 is 11.6 Å². The minimum Gasteiger partial charge on any atom is -0.464 e. The molecule has 0 aliphatic rings. The second kappa shape index (κ2) is 4.98. The van der Waals surface area contributed by atoms with Crippen LogP contribution in [0.5, 0.6) is 0 Å². The van der Waals surface area contributed by atoms with Crippen molar-refractivity contribution in [3.63, 3.8) is 0 Å². The van der Waals surface area contributed by atoms with Gasteiger partial charge in [0, 0.05) is 6.07 Å². The first kappa shape index (κ1) is 12.9. The maximum absolute atomic E-state index is 13.6. The largest absolute Gasteiger partial charge is 0.464 e. The maximum Gasteiger partial charge on any atom is 0.150 e. The van der Waals surface area contributed by atoms with Gasteiger partial charge in [-0.3, -0.25) is 0 Å². The lowest BCUT2D eigenvalue weighted by molar-refractivity contribution is 0.466. The second-order valence-electron chi connectivity index (χ2n) is 4.06. The van der Waals surface area contributed by atoms with E-state index in [1.54, 1.807) is 13.0 Å². The molecule has 0 saturated heterocycles. The van der Waals surface area contributed by atoms with Crippen molar-refractivity contribution < 1.29 is 13.2 Å². The fourth-order valence-electron chi connectivity index (χ4n) is 1.65. The summed E-state index contributed by atoms with van der Waals surface area (Å²) in [5.41, 5.74) is 0.0691. The molecule has 18 heavy (non-hydrogen) atoms. The van der Waals surface area contributed by atoms with Gasteiger partial charge in [-0.1, -0.05) is 11.6 Å². The van der Waals surface area contributed by atoms with Crippen LogP contribution in [-0.2, 0) is 0 Å². The number of anilines is 1. The van der Waals surface area contributed by atoms with Gasteiger partial charge in [-0.2, -0.15) is 0 Å². The van der Waals surface area contributed by atoms with Crippen LogP contribution in [0.2, 0.25) is 5.02 Å². The number of hydrogen-bond acceptors (Lipinski definition) is 2. The van der Waals surface area contributed by atoms with E-state index in [2.05, 4.69) is 5.32 Å². The molecule has 0 radical (unpaired) electrons. The van der Waals surface area contributed by atoms with Crippen LogP contribution in [0.3, 0.4) is 0 Å². The molecular weight excluding hydrogens is 260 g/mol. The normalized spacial score (nSPS) is 12.5. The van der Waals surface area contributed by atoms with E-state index in [0.717, 1.165) is 17.9 Å². The molecule has 1 aromatic carbocycles. The smallest absolute Gasteiger partial charge is 0.150 e. The summed E-state index contributed by atoms with van der Waals surface area (Å²) in [5, 5.41) is 2.87. The van der Waals surface area contributed by atoms with Crippen molar-refractivity contribution in [1.82, 2.24) is 0 Å². The number of aryl methyl sites for hydroxylation is 1. The Bertz CT molecular complexity index is 545. The van der Waals surface area contributed by atoms with E-state index >= 15 is 0 Å². The molecule has 2 rings (SSSR count). The lowest BCUT2D eigenvalue weighted by atomic mass is 10.2. The molecule has 0 spiro atoms. The van der Waals surface area contributed by atoms with Crippen LogP contribution in [0, 0.1) is 18.6 Å². The summed E-state index contributed by atoms with van der Waals surface area (Å²) in [4.78, 5) is 0. The van der Waals surface area contributed by atoms with Gasteiger partial charge in [-0.05, 0) is 32.0 Å². The summed E-state index contributed by atoms with van der Waals surface area (Å²) in [6.45, 7) is 3.62. The van der Waals surface area contributed by atoms with Gasteiger partial charge < -0.3 is 9.73 Å². The third kappa shape index (κ3) is 2.64. The third-order valence-electron chi connectivity index (χ3n) is 2.56. The molecule has 0 saturated carbocycles. The maximum atomic E-state index is 13.6. The molecular formula is C13H12ClF2NO. The molecule has 96 valence electrons. The number of hydrogen-bond donors (Lipinski definition) is 1. The van der Waals surface area contributed by atoms with Crippen LogP contribution in [0.15, 0.2) is 28.7 Å². The van der Waals surface area contributed by atoms with Crippen LogP contribution in [-0.4, -0.2) is 0 Å². The van der Waals surface area contributed by atoms with E-state index in [9.17, 15) is 8.78 Å². The Hall–Kier alpha value is -1.55. The highest BCUT2D eigenvalue weighted by atomic mass is 35.5. The molecule has 2 nitrogen and oxygen atoms in total. The first-order chi connectivity index (χ1) is 8.47. The highest BCUT2D eigenvalue weighted by molar-refractivity contribution is 6.33. The van der Waals surface area contributed by atoms with Crippen LogP contribution in [0.25, 0.3) is 0 Å². The van der Waals surface area contributed by atoms with Gasteiger partial charge in [0.1, 0.15) is 17.3 Å². The highest BCUT2D eigenvalue weighted by Crippen LogP contribution is 2.30. The third-order valence-corrected chi connectivity index (χ3v) is 2.85. The van der Waals surface area contributed by atoms with E-state index in [1.807, 2.05) is 13.0 Å². The molecule has 0 bridgehead atoms. The van der Waals surface area contributed by atoms with Gasteiger partial charge >= 0.3 is 0 Å². The molecule has 1 N–H and O–H groups in total. The molecule has 0 aliphatic heterocycles. The summed E-state index contributed by atoms with van der Waals surface area (Å²) in [6.07, 6.45) is 0. The Balaban J connectivity index is 2.24. The Labute approximate surface area is 109 Å². The van der Waals surface area contributed by atoms with Crippen molar-refractivity contribution in [2.24, 2.45) is 0 Å². The number of nitrogens with one attached hydrogen (secondary N) is 1. The van der Waals surface area contributed by atoms with Gasteiger partial charge in [0.15, 0.2) is 5.82 Å².